The number of nitrogens with zero attached hydrogens (tertiary/aromatic N) is 2. The van der Waals surface area contributed by atoms with Gasteiger partial charge in [-0.1, -0.05) is 20.8 Å². The van der Waals surface area contributed by atoms with Gasteiger partial charge in [0.1, 0.15) is 0 Å². The zero-order chi connectivity index (χ0) is 10.6. The van der Waals surface area contributed by atoms with Crippen molar-refractivity contribution in [3.63, 3.8) is 0 Å². The number of rotatable bonds is 5. The number of nitrogens with one attached hydrogen (secondary N) is 1. The van der Waals surface area contributed by atoms with E-state index >= 15 is 0 Å². The molecule has 0 aliphatic carbocycles. The van der Waals surface area contributed by atoms with Crippen LogP contribution in [0.15, 0.2) is 6.20 Å². The minimum absolute atomic E-state index is 0.549. The molecule has 0 unspecified atom stereocenters. The largest absolute Gasteiger partial charge is 0.316 e. The van der Waals surface area contributed by atoms with Gasteiger partial charge in [-0.3, -0.25) is 4.68 Å². The Morgan fingerprint density at radius 1 is 1.50 bits per heavy atom. The van der Waals surface area contributed by atoms with Crippen molar-refractivity contribution in [1.29, 1.82) is 0 Å². The van der Waals surface area contributed by atoms with Crippen LogP contribution < -0.4 is 5.32 Å². The van der Waals surface area contributed by atoms with Gasteiger partial charge in [-0.05, 0) is 19.4 Å². The van der Waals surface area contributed by atoms with Crippen LogP contribution >= 0.6 is 0 Å². The highest BCUT2D eigenvalue weighted by atomic mass is 15.3. The van der Waals surface area contributed by atoms with E-state index in [4.69, 9.17) is 0 Å². The van der Waals surface area contributed by atoms with Crippen LogP contribution in [0.5, 0.6) is 0 Å². The van der Waals surface area contributed by atoms with E-state index in [1.807, 2.05) is 13.2 Å². The first kappa shape index (κ1) is 11.2. The molecular formula is C11H21N3. The van der Waals surface area contributed by atoms with Crippen molar-refractivity contribution in [2.75, 3.05) is 7.05 Å². The summed E-state index contributed by atoms with van der Waals surface area (Å²) in [5.74, 6) is 0.549. The van der Waals surface area contributed by atoms with Gasteiger partial charge in [0.15, 0.2) is 0 Å². The Morgan fingerprint density at radius 3 is 2.71 bits per heavy atom. The first-order chi connectivity index (χ1) is 6.70. The standard InChI is InChI=1S/C11H21N3/c1-5-6-14-11(9(2)3)10(7-12-4)8-13-14/h8-9,12H,5-7H2,1-4H3. The van der Waals surface area contributed by atoms with Gasteiger partial charge in [0.2, 0.25) is 0 Å². The van der Waals surface area contributed by atoms with Crippen molar-refractivity contribution in [2.45, 2.75) is 46.2 Å². The molecule has 14 heavy (non-hydrogen) atoms. The molecule has 1 N–H and O–H groups in total. The highest BCUT2D eigenvalue weighted by molar-refractivity contribution is 5.20. The Balaban J connectivity index is 2.94. The van der Waals surface area contributed by atoms with Gasteiger partial charge in [0, 0.05) is 24.3 Å². The summed E-state index contributed by atoms with van der Waals surface area (Å²) in [6.45, 7) is 8.57. The molecule has 0 amide bonds. The van der Waals surface area contributed by atoms with Crippen molar-refractivity contribution in [3.05, 3.63) is 17.5 Å². The van der Waals surface area contributed by atoms with Crippen LogP contribution in [0, 0.1) is 0 Å². The molecule has 1 aromatic rings. The predicted molar refractivity (Wildman–Crippen MR) is 59.4 cm³/mol. The van der Waals surface area contributed by atoms with Crippen molar-refractivity contribution in [3.8, 4) is 0 Å². The molecule has 0 saturated heterocycles. The average Bonchev–Trinajstić information content (AvgIpc) is 2.49. The first-order valence-electron chi connectivity index (χ1n) is 5.39. The topological polar surface area (TPSA) is 29.9 Å². The van der Waals surface area contributed by atoms with Crippen LogP contribution in [0.4, 0.5) is 0 Å². The molecule has 1 aromatic heterocycles. The van der Waals surface area contributed by atoms with Crippen LogP contribution in [0.3, 0.4) is 0 Å². The molecule has 3 heteroatoms. The Bertz CT molecular complexity index is 253. The fourth-order valence-corrected chi connectivity index (χ4v) is 1.82. The number of aryl methyl sites for hydroxylation is 1. The third kappa shape index (κ3) is 2.35. The molecule has 0 bridgehead atoms. The summed E-state index contributed by atoms with van der Waals surface area (Å²) >= 11 is 0. The Kier molecular flexibility index (Phi) is 4.14. The zero-order valence-electron chi connectivity index (χ0n) is 9.67. The lowest BCUT2D eigenvalue weighted by Gasteiger charge is -2.11. The molecule has 1 rings (SSSR count). The molecule has 0 spiro atoms. The van der Waals surface area contributed by atoms with Crippen molar-refractivity contribution < 1.29 is 0 Å². The summed E-state index contributed by atoms with van der Waals surface area (Å²) in [6.07, 6.45) is 3.13. The molecule has 0 saturated carbocycles. The van der Waals surface area contributed by atoms with E-state index in [1.54, 1.807) is 0 Å². The lowest BCUT2D eigenvalue weighted by molar-refractivity contribution is 0.554. The van der Waals surface area contributed by atoms with Crippen LogP contribution in [0.1, 0.15) is 44.4 Å². The van der Waals surface area contributed by atoms with Gasteiger partial charge in [-0.15, -0.1) is 0 Å². The van der Waals surface area contributed by atoms with E-state index in [1.165, 1.54) is 11.3 Å². The van der Waals surface area contributed by atoms with Gasteiger partial charge >= 0.3 is 0 Å². The van der Waals surface area contributed by atoms with E-state index in [9.17, 15) is 0 Å². The number of aromatic nitrogens is 2. The van der Waals surface area contributed by atoms with Crippen molar-refractivity contribution in [2.24, 2.45) is 0 Å². The fraction of sp³-hybridized carbons (Fsp3) is 0.727. The zero-order valence-corrected chi connectivity index (χ0v) is 9.67. The molecule has 0 radical (unpaired) electrons. The molecule has 80 valence electrons. The van der Waals surface area contributed by atoms with E-state index in [0.29, 0.717) is 5.92 Å². The SMILES string of the molecule is CCCn1ncc(CNC)c1C(C)C. The third-order valence-corrected chi connectivity index (χ3v) is 2.31. The maximum Gasteiger partial charge on any atom is 0.0537 e. The second-order valence-electron chi connectivity index (χ2n) is 3.96. The van der Waals surface area contributed by atoms with Crippen molar-refractivity contribution in [1.82, 2.24) is 15.1 Å². The highest BCUT2D eigenvalue weighted by Crippen LogP contribution is 2.19. The van der Waals surface area contributed by atoms with Gasteiger partial charge in [-0.25, -0.2) is 0 Å². The van der Waals surface area contributed by atoms with Crippen LogP contribution in [-0.2, 0) is 13.1 Å². The van der Waals surface area contributed by atoms with E-state index in [2.05, 4.69) is 35.9 Å². The Morgan fingerprint density at radius 2 is 2.21 bits per heavy atom. The lowest BCUT2D eigenvalue weighted by atomic mass is 10.1. The second kappa shape index (κ2) is 5.15. The first-order valence-corrected chi connectivity index (χ1v) is 5.39. The predicted octanol–water partition coefficient (Wildman–Crippen LogP) is 2.14. The van der Waals surface area contributed by atoms with E-state index in [-0.39, 0.29) is 0 Å². The smallest absolute Gasteiger partial charge is 0.0537 e. The van der Waals surface area contributed by atoms with Gasteiger partial charge in [-0.2, -0.15) is 5.10 Å². The van der Waals surface area contributed by atoms with Crippen LogP contribution in [0.25, 0.3) is 0 Å². The normalized spacial score (nSPS) is 11.2. The third-order valence-electron chi connectivity index (χ3n) is 2.31. The molecular weight excluding hydrogens is 174 g/mol. The molecule has 1 heterocycles. The number of hydrogen-bond donors (Lipinski definition) is 1. The molecule has 0 atom stereocenters. The average molecular weight is 195 g/mol. The molecule has 0 fully saturated rings. The molecule has 0 aliphatic rings. The lowest BCUT2D eigenvalue weighted by Crippen LogP contribution is -2.11. The maximum atomic E-state index is 4.42. The summed E-state index contributed by atoms with van der Waals surface area (Å²) in [4.78, 5) is 0. The molecule has 3 nitrogen and oxygen atoms in total. The van der Waals surface area contributed by atoms with Gasteiger partial charge in [0.25, 0.3) is 0 Å². The van der Waals surface area contributed by atoms with Gasteiger partial charge < -0.3 is 5.32 Å². The minimum Gasteiger partial charge on any atom is -0.316 e. The van der Waals surface area contributed by atoms with Gasteiger partial charge in [0.05, 0.1) is 6.20 Å². The van der Waals surface area contributed by atoms with Crippen molar-refractivity contribution >= 4 is 0 Å². The summed E-state index contributed by atoms with van der Waals surface area (Å²) in [5, 5.41) is 7.60. The fourth-order valence-electron chi connectivity index (χ4n) is 1.82. The summed E-state index contributed by atoms with van der Waals surface area (Å²) in [6, 6.07) is 0. The van der Waals surface area contributed by atoms with E-state index in [0.717, 1.165) is 19.5 Å². The summed E-state index contributed by atoms with van der Waals surface area (Å²) in [7, 11) is 1.97. The monoisotopic (exact) mass is 195 g/mol. The molecule has 0 aromatic carbocycles. The highest BCUT2D eigenvalue weighted by Gasteiger charge is 2.12. The number of hydrogen-bond acceptors (Lipinski definition) is 2. The summed E-state index contributed by atoms with van der Waals surface area (Å²) in [5.41, 5.74) is 2.71. The van der Waals surface area contributed by atoms with Crippen LogP contribution in [-0.4, -0.2) is 16.8 Å². The minimum atomic E-state index is 0.549. The van der Waals surface area contributed by atoms with Crippen LogP contribution in [0.2, 0.25) is 0 Å². The quantitative estimate of drug-likeness (QED) is 0.780. The van der Waals surface area contributed by atoms with E-state index < -0.39 is 0 Å². The Hall–Kier alpha value is -0.830. The Labute approximate surface area is 86.5 Å². The maximum absolute atomic E-state index is 4.42. The molecule has 0 aliphatic heterocycles. The summed E-state index contributed by atoms with van der Waals surface area (Å²) < 4.78 is 2.14. The second-order valence-corrected chi connectivity index (χ2v) is 3.96.